The number of halogens is 2. The maximum atomic E-state index is 6.00. The predicted octanol–water partition coefficient (Wildman–Crippen LogP) is 2.94. The number of allylic oxidation sites excluding steroid dienone is 4. The third-order valence-electron chi connectivity index (χ3n) is 2.91. The van der Waals surface area contributed by atoms with Crippen molar-refractivity contribution < 1.29 is 0 Å². The van der Waals surface area contributed by atoms with Crippen LogP contribution in [0.4, 0.5) is 0 Å². The molecule has 17 heavy (non-hydrogen) atoms. The van der Waals surface area contributed by atoms with Crippen molar-refractivity contribution in [3.63, 3.8) is 0 Å². The number of hydrogen-bond donors (Lipinski definition) is 2. The van der Waals surface area contributed by atoms with Crippen LogP contribution in [-0.2, 0) is 0 Å². The highest BCUT2D eigenvalue weighted by molar-refractivity contribution is 6.25. The van der Waals surface area contributed by atoms with E-state index in [0.29, 0.717) is 12.8 Å². The van der Waals surface area contributed by atoms with Crippen LogP contribution in [0.25, 0.3) is 0 Å². The van der Waals surface area contributed by atoms with Gasteiger partial charge in [0.2, 0.25) is 0 Å². The zero-order valence-corrected chi connectivity index (χ0v) is 11.0. The highest BCUT2D eigenvalue weighted by Crippen LogP contribution is 2.29. The molecule has 4 heteroatoms. The fourth-order valence-corrected chi connectivity index (χ4v) is 2.12. The van der Waals surface area contributed by atoms with Crippen LogP contribution in [0, 0.1) is 0 Å². The number of nitrogens with two attached hydrogens (primary N) is 2. The van der Waals surface area contributed by atoms with Crippen LogP contribution in [0.1, 0.15) is 19.3 Å². The molecule has 92 valence electrons. The van der Waals surface area contributed by atoms with Crippen molar-refractivity contribution in [3.05, 3.63) is 47.6 Å². The van der Waals surface area contributed by atoms with E-state index < -0.39 is 10.00 Å². The third-order valence-corrected chi connectivity index (χ3v) is 3.47. The van der Waals surface area contributed by atoms with Crippen molar-refractivity contribution in [3.8, 4) is 0 Å². The van der Waals surface area contributed by atoms with Gasteiger partial charge in [0.1, 0.15) is 10.00 Å². The van der Waals surface area contributed by atoms with E-state index in [0.717, 1.165) is 6.42 Å². The average molecular weight is 271 g/mol. The summed E-state index contributed by atoms with van der Waals surface area (Å²) in [5.74, 6) is 0. The summed E-state index contributed by atoms with van der Waals surface area (Å²) in [6, 6.07) is 0. The van der Waals surface area contributed by atoms with E-state index in [9.17, 15) is 0 Å². The second-order valence-corrected chi connectivity index (χ2v) is 6.07. The molecule has 0 radical (unpaired) electrons. The molecule has 0 heterocycles. The molecular weight excluding hydrogens is 255 g/mol. The molecule has 0 aromatic heterocycles. The van der Waals surface area contributed by atoms with Crippen LogP contribution < -0.4 is 11.5 Å². The van der Waals surface area contributed by atoms with E-state index in [-0.39, 0.29) is 0 Å². The SMILES string of the molecule is NC1(Cl)C=CC(CC2=CCC(N)(Cl)C=C2)=CC1. The minimum absolute atomic E-state index is 0.660. The second kappa shape index (κ2) is 4.62. The maximum absolute atomic E-state index is 6.00. The normalized spacial score (nSPS) is 36.7. The molecule has 0 saturated carbocycles. The molecule has 2 nitrogen and oxygen atoms in total. The number of rotatable bonds is 2. The summed E-state index contributed by atoms with van der Waals surface area (Å²) >= 11 is 12.0. The van der Waals surface area contributed by atoms with Crippen LogP contribution in [0.15, 0.2) is 47.6 Å². The first kappa shape index (κ1) is 12.9. The van der Waals surface area contributed by atoms with Gasteiger partial charge in [0.15, 0.2) is 0 Å². The molecule has 0 spiro atoms. The molecular formula is C13H16Cl2N2. The quantitative estimate of drug-likeness (QED) is 0.599. The van der Waals surface area contributed by atoms with Gasteiger partial charge in [-0.3, -0.25) is 0 Å². The molecule has 2 aliphatic carbocycles. The van der Waals surface area contributed by atoms with Crippen LogP contribution in [-0.4, -0.2) is 10.00 Å². The van der Waals surface area contributed by atoms with Gasteiger partial charge in [-0.25, -0.2) is 0 Å². The zero-order valence-electron chi connectivity index (χ0n) is 9.50. The van der Waals surface area contributed by atoms with Gasteiger partial charge in [-0.2, -0.15) is 0 Å². The number of hydrogen-bond acceptors (Lipinski definition) is 2. The highest BCUT2D eigenvalue weighted by atomic mass is 35.5. The smallest absolute Gasteiger partial charge is 0.113 e. The summed E-state index contributed by atoms with van der Waals surface area (Å²) in [6.07, 6.45) is 14.0. The lowest BCUT2D eigenvalue weighted by molar-refractivity contribution is 0.726. The van der Waals surface area contributed by atoms with E-state index in [1.807, 2.05) is 24.3 Å². The minimum Gasteiger partial charge on any atom is -0.309 e. The van der Waals surface area contributed by atoms with Crippen molar-refractivity contribution in [2.45, 2.75) is 29.3 Å². The highest BCUT2D eigenvalue weighted by Gasteiger charge is 2.21. The molecule has 0 aromatic carbocycles. The summed E-state index contributed by atoms with van der Waals surface area (Å²) in [6.45, 7) is 0. The van der Waals surface area contributed by atoms with E-state index >= 15 is 0 Å². The Morgan fingerprint density at radius 2 is 1.35 bits per heavy atom. The Morgan fingerprint density at radius 1 is 0.941 bits per heavy atom. The van der Waals surface area contributed by atoms with E-state index in [2.05, 4.69) is 12.2 Å². The fraction of sp³-hybridized carbons (Fsp3) is 0.385. The summed E-state index contributed by atoms with van der Waals surface area (Å²) in [7, 11) is 0. The molecule has 2 unspecified atom stereocenters. The first-order chi connectivity index (χ1) is 7.86. The Bertz CT molecular complexity index is 389. The first-order valence-electron chi connectivity index (χ1n) is 5.58. The third kappa shape index (κ3) is 3.71. The summed E-state index contributed by atoms with van der Waals surface area (Å²) in [4.78, 5) is -1.44. The Labute approximate surface area is 112 Å². The van der Waals surface area contributed by atoms with Crippen LogP contribution in [0.3, 0.4) is 0 Å². The molecule has 2 atom stereocenters. The minimum atomic E-state index is -0.719. The molecule has 0 aliphatic heterocycles. The van der Waals surface area contributed by atoms with Crippen LogP contribution in [0.2, 0.25) is 0 Å². The summed E-state index contributed by atoms with van der Waals surface area (Å²) in [5.41, 5.74) is 14.0. The molecule has 0 amide bonds. The molecule has 0 fully saturated rings. The van der Waals surface area contributed by atoms with E-state index in [4.69, 9.17) is 34.7 Å². The fourth-order valence-electron chi connectivity index (χ4n) is 1.84. The zero-order chi connectivity index (χ0) is 12.5. The Balaban J connectivity index is 1.97. The van der Waals surface area contributed by atoms with Crippen molar-refractivity contribution in [2.24, 2.45) is 11.5 Å². The van der Waals surface area contributed by atoms with Gasteiger partial charge in [-0.1, -0.05) is 47.5 Å². The lowest BCUT2D eigenvalue weighted by atomic mass is 9.94. The van der Waals surface area contributed by atoms with Gasteiger partial charge < -0.3 is 11.5 Å². The maximum Gasteiger partial charge on any atom is 0.113 e. The lowest BCUT2D eigenvalue weighted by Gasteiger charge is -2.23. The van der Waals surface area contributed by atoms with Gasteiger partial charge >= 0.3 is 0 Å². The van der Waals surface area contributed by atoms with Crippen molar-refractivity contribution in [1.29, 1.82) is 0 Å². The van der Waals surface area contributed by atoms with Gasteiger partial charge in [-0.15, -0.1) is 0 Å². The molecule has 2 rings (SSSR count). The van der Waals surface area contributed by atoms with E-state index in [1.165, 1.54) is 11.1 Å². The molecule has 2 aliphatic rings. The standard InChI is InChI=1S/C13H16Cl2N2/c14-12(16)5-1-10(2-6-12)9-11-3-7-13(15,17)8-4-11/h1-5,7H,6,8-9,16-17H2. The summed E-state index contributed by atoms with van der Waals surface area (Å²) < 4.78 is 0. The largest absolute Gasteiger partial charge is 0.309 e. The monoisotopic (exact) mass is 270 g/mol. The van der Waals surface area contributed by atoms with Gasteiger partial charge in [0.25, 0.3) is 0 Å². The van der Waals surface area contributed by atoms with Gasteiger partial charge in [0, 0.05) is 12.8 Å². The average Bonchev–Trinajstić information content (AvgIpc) is 2.24. The Hall–Kier alpha value is -0.540. The molecule has 4 N–H and O–H groups in total. The Morgan fingerprint density at radius 3 is 1.65 bits per heavy atom. The van der Waals surface area contributed by atoms with Crippen molar-refractivity contribution >= 4 is 23.2 Å². The van der Waals surface area contributed by atoms with Gasteiger partial charge in [0.05, 0.1) is 0 Å². The van der Waals surface area contributed by atoms with Crippen molar-refractivity contribution in [1.82, 2.24) is 0 Å². The van der Waals surface area contributed by atoms with E-state index in [1.54, 1.807) is 0 Å². The van der Waals surface area contributed by atoms with Crippen molar-refractivity contribution in [2.75, 3.05) is 0 Å². The molecule has 0 saturated heterocycles. The van der Waals surface area contributed by atoms with Gasteiger partial charge in [-0.05, 0) is 29.7 Å². The topological polar surface area (TPSA) is 52.0 Å². The molecule has 0 aromatic rings. The summed E-state index contributed by atoms with van der Waals surface area (Å²) in [5, 5.41) is 0. The number of alkyl halides is 2. The first-order valence-corrected chi connectivity index (χ1v) is 6.34. The molecule has 0 bridgehead atoms. The lowest BCUT2D eigenvalue weighted by Crippen LogP contribution is -2.31. The Kier molecular flexibility index (Phi) is 3.50. The second-order valence-electron chi connectivity index (χ2n) is 4.66. The predicted molar refractivity (Wildman–Crippen MR) is 73.8 cm³/mol. The van der Waals surface area contributed by atoms with Crippen LogP contribution >= 0.6 is 23.2 Å². The van der Waals surface area contributed by atoms with Crippen LogP contribution in [0.5, 0.6) is 0 Å².